The van der Waals surface area contributed by atoms with Gasteiger partial charge in [-0.1, -0.05) is 81.8 Å². The van der Waals surface area contributed by atoms with E-state index in [1.807, 2.05) is 0 Å². The lowest BCUT2D eigenvalue weighted by Gasteiger charge is -2.29. The molecule has 1 saturated carbocycles. The topological polar surface area (TPSA) is 0 Å². The van der Waals surface area contributed by atoms with E-state index in [9.17, 15) is 17.6 Å². The van der Waals surface area contributed by atoms with Gasteiger partial charge in [0.2, 0.25) is 0 Å². The van der Waals surface area contributed by atoms with Crippen LogP contribution in [0.3, 0.4) is 0 Å². The quantitative estimate of drug-likeness (QED) is 0.210. The molecular formula is C31H34F4. The highest BCUT2D eigenvalue weighted by molar-refractivity contribution is 5.89. The molecule has 1 fully saturated rings. The van der Waals surface area contributed by atoms with E-state index in [-0.39, 0.29) is 11.5 Å². The van der Waals surface area contributed by atoms with E-state index in [1.54, 1.807) is 12.1 Å². The average molecular weight is 483 g/mol. The highest BCUT2D eigenvalue weighted by atomic mass is 19.3. The van der Waals surface area contributed by atoms with Gasteiger partial charge in [-0.2, -0.15) is 8.78 Å². The highest BCUT2D eigenvalue weighted by Gasteiger charge is 2.22. The SMILES string of the molecule is CCCCCCCC1CCC(c2ccc(-c3ccc4c(F)c(C=C(F)F)c(F)cc4c3)cc2)CC1. The number of hydrogen-bond donors (Lipinski definition) is 0. The first kappa shape index (κ1) is 25.5. The van der Waals surface area contributed by atoms with Gasteiger partial charge in [-0.05, 0) is 71.7 Å². The molecule has 3 aromatic carbocycles. The van der Waals surface area contributed by atoms with Crippen molar-refractivity contribution in [3.63, 3.8) is 0 Å². The van der Waals surface area contributed by atoms with E-state index in [4.69, 9.17) is 0 Å². The minimum atomic E-state index is -2.13. The van der Waals surface area contributed by atoms with Crippen LogP contribution >= 0.6 is 0 Å². The third-order valence-corrected chi connectivity index (χ3v) is 7.60. The summed E-state index contributed by atoms with van der Waals surface area (Å²) in [7, 11) is 0. The van der Waals surface area contributed by atoms with Gasteiger partial charge in [0.15, 0.2) is 0 Å². The average Bonchev–Trinajstić information content (AvgIpc) is 2.86. The summed E-state index contributed by atoms with van der Waals surface area (Å²) in [4.78, 5) is 0. The van der Waals surface area contributed by atoms with Crippen molar-refractivity contribution in [3.05, 3.63) is 77.4 Å². The molecule has 0 N–H and O–H groups in total. The number of fused-ring (bicyclic) bond motifs is 1. The molecule has 1 aliphatic carbocycles. The van der Waals surface area contributed by atoms with Crippen LogP contribution in [0.1, 0.15) is 88.2 Å². The number of rotatable bonds is 9. The molecule has 35 heavy (non-hydrogen) atoms. The third-order valence-electron chi connectivity index (χ3n) is 7.60. The predicted molar refractivity (Wildman–Crippen MR) is 138 cm³/mol. The first-order chi connectivity index (χ1) is 17.0. The fourth-order valence-corrected chi connectivity index (χ4v) is 5.54. The van der Waals surface area contributed by atoms with Crippen LogP contribution in [-0.4, -0.2) is 0 Å². The van der Waals surface area contributed by atoms with Crippen molar-refractivity contribution in [2.24, 2.45) is 5.92 Å². The number of unbranched alkanes of at least 4 members (excludes halogenated alkanes) is 4. The summed E-state index contributed by atoms with van der Waals surface area (Å²) >= 11 is 0. The summed E-state index contributed by atoms with van der Waals surface area (Å²) in [5, 5.41) is 0.479. The van der Waals surface area contributed by atoms with E-state index in [1.165, 1.54) is 75.8 Å². The smallest absolute Gasteiger partial charge is 0.206 e. The van der Waals surface area contributed by atoms with Gasteiger partial charge in [-0.15, -0.1) is 0 Å². The number of hydrogen-bond acceptors (Lipinski definition) is 0. The molecule has 0 amide bonds. The zero-order chi connectivity index (χ0) is 24.8. The van der Waals surface area contributed by atoms with Crippen LogP contribution in [0.25, 0.3) is 28.0 Å². The largest absolute Gasteiger partial charge is 0.271 e. The molecule has 0 spiro atoms. The van der Waals surface area contributed by atoms with Crippen LogP contribution in [0.15, 0.2) is 54.6 Å². The van der Waals surface area contributed by atoms with Crippen molar-refractivity contribution >= 4 is 16.8 Å². The highest BCUT2D eigenvalue weighted by Crippen LogP contribution is 2.38. The standard InChI is InChI=1S/C31H34F4/c1-2-3-4-5-6-7-21-8-10-22(11-9-21)23-12-14-24(15-13-23)25-16-17-27-26(18-25)19-29(32)28(31(27)35)20-30(33)34/h12-22H,2-11H2,1H3. The lowest BCUT2D eigenvalue weighted by Crippen LogP contribution is -2.13. The minimum Gasteiger partial charge on any atom is -0.206 e. The maximum absolute atomic E-state index is 14.6. The molecule has 0 atom stereocenters. The Bertz CT molecular complexity index is 1150. The number of benzene rings is 3. The van der Waals surface area contributed by atoms with Crippen molar-refractivity contribution in [3.8, 4) is 11.1 Å². The molecule has 0 aromatic heterocycles. The Balaban J connectivity index is 1.41. The van der Waals surface area contributed by atoms with Gasteiger partial charge >= 0.3 is 0 Å². The van der Waals surface area contributed by atoms with Crippen molar-refractivity contribution in [1.82, 2.24) is 0 Å². The summed E-state index contributed by atoms with van der Waals surface area (Å²) in [6.45, 7) is 2.26. The predicted octanol–water partition coefficient (Wildman–Crippen LogP) is 10.7. The van der Waals surface area contributed by atoms with Crippen LogP contribution in [0.2, 0.25) is 0 Å². The first-order valence-corrected chi connectivity index (χ1v) is 13.0. The van der Waals surface area contributed by atoms with E-state index < -0.39 is 23.3 Å². The van der Waals surface area contributed by atoms with E-state index in [0.717, 1.165) is 23.1 Å². The molecule has 1 aliphatic rings. The molecule has 0 unspecified atom stereocenters. The van der Waals surface area contributed by atoms with Gasteiger partial charge in [-0.3, -0.25) is 0 Å². The molecule has 0 saturated heterocycles. The van der Waals surface area contributed by atoms with E-state index >= 15 is 0 Å². The molecule has 4 heteroatoms. The van der Waals surface area contributed by atoms with Crippen molar-refractivity contribution < 1.29 is 17.6 Å². The molecule has 186 valence electrons. The van der Waals surface area contributed by atoms with E-state index in [0.29, 0.717) is 11.3 Å². The van der Waals surface area contributed by atoms with Gasteiger partial charge in [0.05, 0.1) is 5.56 Å². The van der Waals surface area contributed by atoms with Gasteiger partial charge in [-0.25, -0.2) is 8.78 Å². The Kier molecular flexibility index (Phi) is 8.64. The Morgan fingerprint density at radius 1 is 0.829 bits per heavy atom. The summed E-state index contributed by atoms with van der Waals surface area (Å²) in [5.41, 5.74) is 2.46. The number of halogens is 4. The maximum atomic E-state index is 14.6. The van der Waals surface area contributed by atoms with Crippen molar-refractivity contribution in [2.45, 2.75) is 77.0 Å². The van der Waals surface area contributed by atoms with Crippen LogP contribution in [-0.2, 0) is 0 Å². The molecule has 0 radical (unpaired) electrons. The van der Waals surface area contributed by atoms with Crippen molar-refractivity contribution in [2.75, 3.05) is 0 Å². The monoisotopic (exact) mass is 482 g/mol. The molecule has 0 nitrogen and oxygen atoms in total. The fraction of sp³-hybridized carbons (Fsp3) is 0.419. The summed E-state index contributed by atoms with van der Waals surface area (Å²) in [6.07, 6.45) is 11.3. The lowest BCUT2D eigenvalue weighted by atomic mass is 9.77. The molecule has 0 heterocycles. The van der Waals surface area contributed by atoms with Gasteiger partial charge in [0, 0.05) is 11.5 Å². The third kappa shape index (κ3) is 6.34. The first-order valence-electron chi connectivity index (χ1n) is 13.0. The second kappa shape index (κ2) is 11.9. The Hall–Kier alpha value is -2.62. The Morgan fingerprint density at radius 3 is 2.20 bits per heavy atom. The van der Waals surface area contributed by atoms with Gasteiger partial charge in [0.25, 0.3) is 6.08 Å². The normalized spacial score (nSPS) is 18.1. The summed E-state index contributed by atoms with van der Waals surface area (Å²) < 4.78 is 54.0. The minimum absolute atomic E-state index is 0.126. The zero-order valence-electron chi connectivity index (χ0n) is 20.4. The zero-order valence-corrected chi connectivity index (χ0v) is 20.4. The maximum Gasteiger partial charge on any atom is 0.271 e. The fourth-order valence-electron chi connectivity index (χ4n) is 5.54. The second-order valence-electron chi connectivity index (χ2n) is 10.00. The molecular weight excluding hydrogens is 448 g/mol. The lowest BCUT2D eigenvalue weighted by molar-refractivity contribution is 0.302. The molecule has 3 aromatic rings. The Labute approximate surface area is 206 Å². The second-order valence-corrected chi connectivity index (χ2v) is 10.00. The van der Waals surface area contributed by atoms with Crippen LogP contribution in [0.4, 0.5) is 17.6 Å². The van der Waals surface area contributed by atoms with Gasteiger partial charge in [0.1, 0.15) is 11.6 Å². The van der Waals surface area contributed by atoms with Crippen LogP contribution in [0.5, 0.6) is 0 Å². The molecule has 0 bridgehead atoms. The molecule has 0 aliphatic heterocycles. The van der Waals surface area contributed by atoms with Gasteiger partial charge < -0.3 is 0 Å². The molecule has 4 rings (SSSR count). The van der Waals surface area contributed by atoms with E-state index in [2.05, 4.69) is 31.2 Å². The summed E-state index contributed by atoms with van der Waals surface area (Å²) in [5.74, 6) is -0.483. The van der Waals surface area contributed by atoms with Crippen molar-refractivity contribution in [1.29, 1.82) is 0 Å². The van der Waals surface area contributed by atoms with Crippen LogP contribution < -0.4 is 0 Å². The van der Waals surface area contributed by atoms with Crippen LogP contribution in [0, 0.1) is 17.6 Å². The Morgan fingerprint density at radius 2 is 1.51 bits per heavy atom. The summed E-state index contributed by atoms with van der Waals surface area (Å²) in [6, 6.07) is 14.6.